The van der Waals surface area contributed by atoms with Crippen LogP contribution in [0.3, 0.4) is 0 Å². The van der Waals surface area contributed by atoms with Crippen molar-refractivity contribution >= 4 is 33.3 Å². The number of anilines is 1. The number of hydrogen-bond donors (Lipinski definition) is 2. The zero-order valence-corrected chi connectivity index (χ0v) is 13.0. The van der Waals surface area contributed by atoms with Gasteiger partial charge in [0.15, 0.2) is 5.82 Å². The summed E-state index contributed by atoms with van der Waals surface area (Å²) >= 11 is 9.44. The molecule has 0 radical (unpaired) electrons. The maximum Gasteiger partial charge on any atom is 0.153 e. The minimum absolute atomic E-state index is 0.0412. The van der Waals surface area contributed by atoms with E-state index in [0.717, 1.165) is 10.0 Å². The van der Waals surface area contributed by atoms with Gasteiger partial charge in [-0.15, -0.1) is 0 Å². The normalized spacial score (nSPS) is 10.8. The van der Waals surface area contributed by atoms with E-state index in [0.29, 0.717) is 22.6 Å². The molecule has 0 saturated heterocycles. The van der Waals surface area contributed by atoms with Crippen molar-refractivity contribution in [2.75, 3.05) is 5.73 Å². The Morgan fingerprint density at radius 1 is 1.14 bits per heavy atom. The van der Waals surface area contributed by atoms with Gasteiger partial charge in [0.25, 0.3) is 0 Å². The molecule has 0 bridgehead atoms. The van der Waals surface area contributed by atoms with Gasteiger partial charge in [0, 0.05) is 10.0 Å². The van der Waals surface area contributed by atoms with E-state index in [9.17, 15) is 4.39 Å². The van der Waals surface area contributed by atoms with Crippen LogP contribution in [0.2, 0.25) is 5.02 Å². The lowest BCUT2D eigenvalue weighted by molar-refractivity contribution is 0.628. The molecule has 3 nitrogen and oxygen atoms in total. The highest BCUT2D eigenvalue weighted by molar-refractivity contribution is 9.10. The summed E-state index contributed by atoms with van der Waals surface area (Å²) in [7, 11) is 0. The number of halogens is 3. The molecule has 21 heavy (non-hydrogen) atoms. The lowest BCUT2D eigenvalue weighted by atomic mass is 10.0. The van der Waals surface area contributed by atoms with Gasteiger partial charge in [-0.25, -0.2) is 4.39 Å². The summed E-state index contributed by atoms with van der Waals surface area (Å²) in [5.41, 5.74) is 8.65. The standard InChI is InChI=1S/C15H10BrClFN3/c16-9-6-4-8(5-7-9)12-14(20-21-15(12)19)10-2-1-3-11(18)13(10)17/h1-7H,(H3,19,20,21). The van der Waals surface area contributed by atoms with E-state index >= 15 is 0 Å². The van der Waals surface area contributed by atoms with Gasteiger partial charge in [-0.2, -0.15) is 5.10 Å². The van der Waals surface area contributed by atoms with Crippen LogP contribution in [0.4, 0.5) is 10.2 Å². The van der Waals surface area contributed by atoms with E-state index < -0.39 is 5.82 Å². The lowest BCUT2D eigenvalue weighted by Gasteiger charge is -2.07. The first-order chi connectivity index (χ1) is 10.1. The van der Waals surface area contributed by atoms with E-state index in [2.05, 4.69) is 26.1 Å². The molecule has 106 valence electrons. The zero-order valence-electron chi connectivity index (χ0n) is 10.7. The zero-order chi connectivity index (χ0) is 15.0. The fraction of sp³-hybridized carbons (Fsp3) is 0. The molecule has 0 aliphatic rings. The Kier molecular flexibility index (Phi) is 3.69. The molecule has 0 amide bonds. The first-order valence-electron chi connectivity index (χ1n) is 6.12. The van der Waals surface area contributed by atoms with Crippen LogP contribution in [-0.2, 0) is 0 Å². The van der Waals surface area contributed by atoms with Gasteiger partial charge in [-0.05, 0) is 23.8 Å². The maximum atomic E-state index is 13.7. The molecule has 0 fully saturated rings. The van der Waals surface area contributed by atoms with Crippen molar-refractivity contribution in [1.29, 1.82) is 0 Å². The summed E-state index contributed by atoms with van der Waals surface area (Å²) in [5.74, 6) is -0.142. The topological polar surface area (TPSA) is 54.7 Å². The van der Waals surface area contributed by atoms with Crippen molar-refractivity contribution in [3.8, 4) is 22.4 Å². The number of nitrogens with two attached hydrogens (primary N) is 1. The van der Waals surface area contributed by atoms with Crippen LogP contribution in [0, 0.1) is 5.82 Å². The predicted octanol–water partition coefficient (Wildman–Crippen LogP) is 4.88. The molecule has 6 heteroatoms. The minimum Gasteiger partial charge on any atom is -0.382 e. The third-order valence-electron chi connectivity index (χ3n) is 3.15. The number of nitrogen functional groups attached to an aromatic ring is 1. The van der Waals surface area contributed by atoms with Crippen molar-refractivity contribution < 1.29 is 4.39 Å². The third-order valence-corrected chi connectivity index (χ3v) is 4.06. The summed E-state index contributed by atoms with van der Waals surface area (Å²) < 4.78 is 14.6. The van der Waals surface area contributed by atoms with Gasteiger partial charge in [0.05, 0.1) is 16.3 Å². The number of aromatic nitrogens is 2. The SMILES string of the molecule is Nc1n[nH]c(-c2cccc(F)c2Cl)c1-c1ccc(Br)cc1. The molecule has 3 N–H and O–H groups in total. The Balaban J connectivity index is 2.22. The molecule has 1 heterocycles. The molecule has 3 aromatic rings. The van der Waals surface area contributed by atoms with Crippen LogP contribution in [0.25, 0.3) is 22.4 Å². The predicted molar refractivity (Wildman–Crippen MR) is 86.5 cm³/mol. The Bertz CT molecular complexity index is 799. The second kappa shape index (κ2) is 5.50. The second-order valence-corrected chi connectivity index (χ2v) is 5.76. The van der Waals surface area contributed by atoms with Crippen molar-refractivity contribution in [1.82, 2.24) is 10.2 Å². The lowest BCUT2D eigenvalue weighted by Crippen LogP contribution is -1.90. The fourth-order valence-electron chi connectivity index (χ4n) is 2.16. The summed E-state index contributed by atoms with van der Waals surface area (Å²) in [5, 5.41) is 6.90. The van der Waals surface area contributed by atoms with E-state index in [1.54, 1.807) is 12.1 Å². The molecule has 0 spiro atoms. The Hall–Kier alpha value is -1.85. The monoisotopic (exact) mass is 365 g/mol. The summed E-state index contributed by atoms with van der Waals surface area (Å²) in [4.78, 5) is 0. The van der Waals surface area contributed by atoms with Gasteiger partial charge in [-0.1, -0.05) is 51.8 Å². The molecule has 2 aromatic carbocycles. The molecular weight excluding hydrogens is 357 g/mol. The van der Waals surface area contributed by atoms with Gasteiger partial charge < -0.3 is 5.73 Å². The molecule has 0 unspecified atom stereocenters. The number of hydrogen-bond acceptors (Lipinski definition) is 2. The number of aromatic amines is 1. The Labute approximate surface area is 134 Å². The van der Waals surface area contributed by atoms with Gasteiger partial charge >= 0.3 is 0 Å². The molecule has 0 saturated carbocycles. The third kappa shape index (κ3) is 2.54. The number of rotatable bonds is 2. The summed E-state index contributed by atoms with van der Waals surface area (Å²) in [6, 6.07) is 12.2. The first-order valence-corrected chi connectivity index (χ1v) is 7.29. The average Bonchev–Trinajstić information content (AvgIpc) is 2.85. The van der Waals surface area contributed by atoms with Crippen LogP contribution in [0.1, 0.15) is 0 Å². The number of benzene rings is 2. The number of nitrogens with one attached hydrogen (secondary N) is 1. The number of H-pyrrole nitrogens is 1. The van der Waals surface area contributed by atoms with Crippen molar-refractivity contribution in [3.05, 3.63) is 57.8 Å². The fourth-order valence-corrected chi connectivity index (χ4v) is 2.64. The van der Waals surface area contributed by atoms with E-state index in [4.69, 9.17) is 17.3 Å². The van der Waals surface area contributed by atoms with Crippen molar-refractivity contribution in [2.45, 2.75) is 0 Å². The quantitative estimate of drug-likeness (QED) is 0.679. The van der Waals surface area contributed by atoms with Crippen LogP contribution < -0.4 is 5.73 Å². The smallest absolute Gasteiger partial charge is 0.153 e. The Morgan fingerprint density at radius 3 is 2.57 bits per heavy atom. The van der Waals surface area contributed by atoms with Crippen LogP contribution in [0.5, 0.6) is 0 Å². The highest BCUT2D eigenvalue weighted by atomic mass is 79.9. The van der Waals surface area contributed by atoms with E-state index in [-0.39, 0.29) is 5.02 Å². The average molecular weight is 367 g/mol. The summed E-state index contributed by atoms with van der Waals surface area (Å²) in [6.45, 7) is 0. The van der Waals surface area contributed by atoms with Gasteiger partial charge in [0.1, 0.15) is 5.82 Å². The highest BCUT2D eigenvalue weighted by Gasteiger charge is 2.18. The molecule has 3 rings (SSSR count). The van der Waals surface area contributed by atoms with Crippen LogP contribution in [0.15, 0.2) is 46.9 Å². The van der Waals surface area contributed by atoms with Crippen LogP contribution in [-0.4, -0.2) is 10.2 Å². The molecular formula is C15H10BrClFN3. The maximum absolute atomic E-state index is 13.7. The van der Waals surface area contributed by atoms with Crippen molar-refractivity contribution in [2.24, 2.45) is 0 Å². The Morgan fingerprint density at radius 2 is 1.86 bits per heavy atom. The van der Waals surface area contributed by atoms with Crippen LogP contribution >= 0.6 is 27.5 Å². The first kappa shape index (κ1) is 14.1. The highest BCUT2D eigenvalue weighted by Crippen LogP contribution is 2.38. The van der Waals surface area contributed by atoms with E-state index in [1.165, 1.54) is 6.07 Å². The minimum atomic E-state index is -0.482. The van der Waals surface area contributed by atoms with Gasteiger partial charge in [-0.3, -0.25) is 5.10 Å². The second-order valence-electron chi connectivity index (χ2n) is 4.47. The molecule has 0 atom stereocenters. The number of nitrogens with zero attached hydrogens (tertiary/aromatic N) is 1. The van der Waals surface area contributed by atoms with Crippen molar-refractivity contribution in [3.63, 3.8) is 0 Å². The molecule has 1 aromatic heterocycles. The molecule has 0 aliphatic carbocycles. The van der Waals surface area contributed by atoms with E-state index in [1.807, 2.05) is 24.3 Å². The van der Waals surface area contributed by atoms with Gasteiger partial charge in [0.2, 0.25) is 0 Å². The summed E-state index contributed by atoms with van der Waals surface area (Å²) in [6.07, 6.45) is 0. The largest absolute Gasteiger partial charge is 0.382 e. The molecule has 0 aliphatic heterocycles.